The second-order valence-corrected chi connectivity index (χ2v) is 4.63. The molecule has 0 unspecified atom stereocenters. The Morgan fingerprint density at radius 1 is 1.29 bits per heavy atom. The maximum absolute atomic E-state index is 5.88. The molecule has 0 amide bonds. The number of rotatable bonds is 6. The van der Waals surface area contributed by atoms with Crippen molar-refractivity contribution in [1.29, 1.82) is 0 Å². The van der Waals surface area contributed by atoms with Crippen LogP contribution in [0, 0.1) is 0 Å². The van der Waals surface area contributed by atoms with Gasteiger partial charge in [-0.1, -0.05) is 25.0 Å². The SMILES string of the molecule is CCC[N+](CCC)(/N=C/c1ccccn1)C(N)=S.[Br-].[Br-].[Cu+]. The maximum Gasteiger partial charge on any atom is 1.00 e. The summed E-state index contributed by atoms with van der Waals surface area (Å²) in [5.74, 6) is 0. The molecule has 0 aliphatic heterocycles. The average Bonchev–Trinajstić information content (AvgIpc) is 2.37. The van der Waals surface area contributed by atoms with Crippen LogP contribution in [0.4, 0.5) is 0 Å². The van der Waals surface area contributed by atoms with Gasteiger partial charge in [-0.3, -0.25) is 4.98 Å². The summed E-state index contributed by atoms with van der Waals surface area (Å²) in [7, 11) is 0. The van der Waals surface area contributed by atoms with E-state index in [9.17, 15) is 0 Å². The molecule has 0 saturated heterocycles. The smallest absolute Gasteiger partial charge is 1.00 e. The summed E-state index contributed by atoms with van der Waals surface area (Å²) >= 11 is 5.19. The van der Waals surface area contributed by atoms with Crippen molar-refractivity contribution in [2.24, 2.45) is 10.8 Å². The van der Waals surface area contributed by atoms with Crippen LogP contribution in [0.3, 0.4) is 0 Å². The summed E-state index contributed by atoms with van der Waals surface area (Å²) in [6.07, 6.45) is 5.47. The first-order valence-corrected chi connectivity index (χ1v) is 6.69. The van der Waals surface area contributed by atoms with Gasteiger partial charge in [0.15, 0.2) is 0 Å². The van der Waals surface area contributed by atoms with E-state index in [1.165, 1.54) is 0 Å². The van der Waals surface area contributed by atoms with E-state index in [4.69, 9.17) is 18.0 Å². The van der Waals surface area contributed by atoms with Crippen LogP contribution in [0.5, 0.6) is 0 Å². The first-order chi connectivity index (χ1) is 8.64. The number of nitrogens with two attached hydrogens (primary N) is 1. The Hall–Kier alpha value is 0.149. The van der Waals surface area contributed by atoms with E-state index < -0.39 is 0 Å². The predicted molar refractivity (Wildman–Crippen MR) is 79.2 cm³/mol. The number of aromatic nitrogens is 1. The number of pyridine rings is 1. The van der Waals surface area contributed by atoms with Gasteiger partial charge in [0.25, 0.3) is 5.11 Å². The third-order valence-electron chi connectivity index (χ3n) is 2.70. The second-order valence-electron chi connectivity index (χ2n) is 4.21. The molecule has 0 aliphatic rings. The molecule has 21 heavy (non-hydrogen) atoms. The molecule has 0 bridgehead atoms. The molecule has 8 heteroatoms. The number of hydrogen-bond donors (Lipinski definition) is 1. The van der Waals surface area contributed by atoms with Crippen LogP contribution in [-0.4, -0.2) is 34.0 Å². The molecule has 124 valence electrons. The molecule has 1 heterocycles. The Labute approximate surface area is 164 Å². The molecular formula is C13H21Br2CuN4S. The number of quaternary nitrogens is 1. The molecule has 0 saturated carbocycles. The molecule has 4 nitrogen and oxygen atoms in total. The minimum Gasteiger partial charge on any atom is -1.00 e. The van der Waals surface area contributed by atoms with E-state index in [1.807, 2.05) is 18.2 Å². The third kappa shape index (κ3) is 8.38. The number of thiocarbonyl (C=S) groups is 1. The Morgan fingerprint density at radius 2 is 1.86 bits per heavy atom. The first kappa shape index (κ1) is 26.1. The summed E-state index contributed by atoms with van der Waals surface area (Å²) in [6.45, 7) is 5.87. The van der Waals surface area contributed by atoms with Gasteiger partial charge in [-0.25, -0.2) is 0 Å². The fraction of sp³-hybridized carbons (Fsp3) is 0.462. The van der Waals surface area contributed by atoms with Crippen molar-refractivity contribution in [3.05, 3.63) is 30.1 Å². The monoisotopic (exact) mass is 486 g/mol. The van der Waals surface area contributed by atoms with Crippen molar-refractivity contribution in [3.63, 3.8) is 0 Å². The molecule has 1 aromatic rings. The Morgan fingerprint density at radius 3 is 2.24 bits per heavy atom. The van der Waals surface area contributed by atoms with Crippen LogP contribution >= 0.6 is 12.2 Å². The summed E-state index contributed by atoms with van der Waals surface area (Å²) < 4.78 is 0.318. The summed E-state index contributed by atoms with van der Waals surface area (Å²) in [5, 5.41) is 5.01. The molecular weight excluding hydrogens is 468 g/mol. The molecule has 2 N–H and O–H groups in total. The maximum atomic E-state index is 5.88. The third-order valence-corrected chi connectivity index (χ3v) is 3.04. The van der Waals surface area contributed by atoms with Crippen LogP contribution in [0.15, 0.2) is 29.5 Å². The zero-order chi connectivity index (χ0) is 13.4. The Kier molecular flexibility index (Phi) is 17.1. The molecule has 1 aromatic heterocycles. The average molecular weight is 489 g/mol. The van der Waals surface area contributed by atoms with Crippen LogP contribution < -0.4 is 39.7 Å². The van der Waals surface area contributed by atoms with Crippen molar-refractivity contribution in [3.8, 4) is 0 Å². The van der Waals surface area contributed by atoms with E-state index in [1.54, 1.807) is 12.4 Å². The zero-order valence-electron chi connectivity index (χ0n) is 12.1. The minimum atomic E-state index is 0. The van der Waals surface area contributed by atoms with Crippen molar-refractivity contribution in [1.82, 2.24) is 4.98 Å². The van der Waals surface area contributed by atoms with Gasteiger partial charge in [-0.15, -0.1) is 4.59 Å². The molecule has 0 atom stereocenters. The molecule has 0 fully saturated rings. The minimum absolute atomic E-state index is 0. The van der Waals surface area contributed by atoms with Crippen LogP contribution in [0.25, 0.3) is 0 Å². The van der Waals surface area contributed by atoms with Gasteiger partial charge in [-0.05, 0) is 25.0 Å². The van der Waals surface area contributed by atoms with E-state index in [-0.39, 0.29) is 51.0 Å². The zero-order valence-corrected chi connectivity index (χ0v) is 17.0. The quantitative estimate of drug-likeness (QED) is 0.148. The molecule has 0 radical (unpaired) electrons. The fourth-order valence-corrected chi connectivity index (χ4v) is 2.10. The van der Waals surface area contributed by atoms with Gasteiger partial charge in [0.2, 0.25) is 0 Å². The Balaban J connectivity index is -0.00000108. The van der Waals surface area contributed by atoms with Crippen molar-refractivity contribution in [2.45, 2.75) is 26.7 Å². The first-order valence-electron chi connectivity index (χ1n) is 6.28. The molecule has 1 rings (SSSR count). The van der Waals surface area contributed by atoms with Gasteiger partial charge in [0, 0.05) is 18.4 Å². The summed E-state index contributed by atoms with van der Waals surface area (Å²) in [6, 6.07) is 5.73. The van der Waals surface area contributed by atoms with Crippen LogP contribution in [0.1, 0.15) is 32.4 Å². The largest absolute Gasteiger partial charge is 1.00 e. The second kappa shape index (κ2) is 13.8. The summed E-state index contributed by atoms with van der Waals surface area (Å²) in [5.41, 5.74) is 6.70. The van der Waals surface area contributed by atoms with E-state index >= 15 is 0 Å². The number of nitrogens with zero attached hydrogens (tertiary/aromatic N) is 3. The summed E-state index contributed by atoms with van der Waals surface area (Å²) in [4.78, 5) is 4.22. The predicted octanol–water partition coefficient (Wildman–Crippen LogP) is -3.70. The molecule has 0 aromatic carbocycles. The van der Waals surface area contributed by atoms with Crippen molar-refractivity contribution >= 4 is 23.5 Å². The van der Waals surface area contributed by atoms with Gasteiger partial charge < -0.3 is 39.7 Å². The number of hydrogen-bond acceptors (Lipinski definition) is 3. The van der Waals surface area contributed by atoms with Crippen LogP contribution in [0.2, 0.25) is 0 Å². The van der Waals surface area contributed by atoms with E-state index in [0.717, 1.165) is 31.6 Å². The van der Waals surface area contributed by atoms with Crippen LogP contribution in [-0.2, 0) is 17.1 Å². The number of halogens is 2. The Bertz CT molecular complexity index is 412. The van der Waals surface area contributed by atoms with Gasteiger partial charge in [-0.2, -0.15) is 0 Å². The standard InChI is InChI=1S/C13H20N4S.2BrH.Cu/c1-3-9-17(10-4-2,13(14)18)16-11-12-7-5-6-8-15-12;;;/h5-8,11H,3-4,9-10H2,1-2H3,(H-,14,18);2*1H;/q;;;+1/p-1/b16-11+;;;. The van der Waals surface area contributed by atoms with Crippen molar-refractivity contribution in [2.75, 3.05) is 13.1 Å². The van der Waals surface area contributed by atoms with Gasteiger partial charge in [0.05, 0.1) is 5.69 Å². The van der Waals surface area contributed by atoms with Gasteiger partial charge >= 0.3 is 17.1 Å². The van der Waals surface area contributed by atoms with E-state index in [0.29, 0.717) is 9.70 Å². The fourth-order valence-electron chi connectivity index (χ4n) is 1.87. The van der Waals surface area contributed by atoms with Gasteiger partial charge in [0.1, 0.15) is 19.3 Å². The van der Waals surface area contributed by atoms with E-state index in [2.05, 4.69) is 23.9 Å². The normalized spacial score (nSPS) is 10.2. The molecule has 0 aliphatic carbocycles. The topological polar surface area (TPSA) is 51.3 Å². The van der Waals surface area contributed by atoms with Crippen molar-refractivity contribution < 1.29 is 55.6 Å². The molecule has 0 spiro atoms.